The Kier molecular flexibility index (Phi) is 8.44. The van der Waals surface area contributed by atoms with Crippen molar-refractivity contribution in [3.8, 4) is 6.07 Å². The number of nitrogens with one attached hydrogen (secondary N) is 1. The van der Waals surface area contributed by atoms with Gasteiger partial charge in [0.15, 0.2) is 0 Å². The van der Waals surface area contributed by atoms with E-state index in [9.17, 15) is 9.59 Å². The Hall–Kier alpha value is -3.31. The molecule has 0 saturated carbocycles. The zero-order chi connectivity index (χ0) is 22.1. The Morgan fingerprint density at radius 2 is 2.03 bits per heavy atom. The molecule has 160 valence electrons. The fraction of sp³-hybridized carbons (Fsp3) is 0.409. The molecule has 0 saturated heterocycles. The fourth-order valence-electron chi connectivity index (χ4n) is 2.95. The Bertz CT molecular complexity index is 900. The number of hydrogen-bond acceptors (Lipinski definition) is 4. The highest BCUT2D eigenvalue weighted by Crippen LogP contribution is 2.13. The van der Waals surface area contributed by atoms with Crippen molar-refractivity contribution < 1.29 is 14.3 Å². The average molecular weight is 412 g/mol. The molecule has 0 unspecified atom stereocenters. The number of ether oxygens (including phenoxy) is 1. The lowest BCUT2D eigenvalue weighted by Gasteiger charge is -2.30. The number of amides is 3. The summed E-state index contributed by atoms with van der Waals surface area (Å²) in [4.78, 5) is 29.1. The third-order valence-electron chi connectivity index (χ3n) is 4.75. The van der Waals surface area contributed by atoms with Crippen molar-refractivity contribution in [3.63, 3.8) is 0 Å². The predicted molar refractivity (Wildman–Crippen MR) is 115 cm³/mol. The number of rotatable bonds is 9. The summed E-state index contributed by atoms with van der Waals surface area (Å²) in [6.45, 7) is 4.92. The van der Waals surface area contributed by atoms with Gasteiger partial charge in [0.2, 0.25) is 5.91 Å². The summed E-state index contributed by atoms with van der Waals surface area (Å²) in [6, 6.07) is 12.0. The van der Waals surface area contributed by atoms with E-state index in [-0.39, 0.29) is 24.5 Å². The highest BCUT2D eigenvalue weighted by atomic mass is 16.5. The van der Waals surface area contributed by atoms with E-state index in [2.05, 4.69) is 5.32 Å². The molecular weight excluding hydrogens is 382 g/mol. The van der Waals surface area contributed by atoms with Gasteiger partial charge in [-0.3, -0.25) is 4.79 Å². The van der Waals surface area contributed by atoms with Gasteiger partial charge in [0.05, 0.1) is 24.8 Å². The van der Waals surface area contributed by atoms with Crippen LogP contribution in [0.2, 0.25) is 0 Å². The largest absolute Gasteiger partial charge is 0.383 e. The van der Waals surface area contributed by atoms with Gasteiger partial charge in [-0.25, -0.2) is 4.79 Å². The topological polar surface area (TPSA) is 90.6 Å². The van der Waals surface area contributed by atoms with E-state index in [1.165, 1.54) is 4.90 Å². The molecule has 1 aromatic heterocycles. The van der Waals surface area contributed by atoms with Gasteiger partial charge in [0.1, 0.15) is 6.54 Å². The fourth-order valence-corrected chi connectivity index (χ4v) is 2.95. The molecule has 0 fully saturated rings. The third kappa shape index (κ3) is 6.36. The van der Waals surface area contributed by atoms with Gasteiger partial charge in [-0.15, -0.1) is 0 Å². The molecule has 0 aliphatic heterocycles. The zero-order valence-electron chi connectivity index (χ0n) is 18.0. The van der Waals surface area contributed by atoms with Crippen LogP contribution in [0, 0.1) is 11.3 Å². The highest BCUT2D eigenvalue weighted by molar-refractivity contribution is 5.92. The first-order chi connectivity index (χ1) is 14.3. The van der Waals surface area contributed by atoms with Crippen LogP contribution in [0.25, 0.3) is 0 Å². The van der Waals surface area contributed by atoms with Crippen LogP contribution in [0.5, 0.6) is 0 Å². The summed E-state index contributed by atoms with van der Waals surface area (Å²) >= 11 is 0. The average Bonchev–Trinajstić information content (AvgIpc) is 3.13. The predicted octanol–water partition coefficient (Wildman–Crippen LogP) is 2.81. The summed E-state index contributed by atoms with van der Waals surface area (Å²) in [5, 5.41) is 11.8. The quantitative estimate of drug-likeness (QED) is 0.687. The lowest BCUT2D eigenvalue weighted by atomic mass is 10.2. The number of aryl methyl sites for hydroxylation is 1. The first kappa shape index (κ1) is 23.0. The molecule has 3 amide bonds. The van der Waals surface area contributed by atoms with Crippen molar-refractivity contribution in [2.24, 2.45) is 7.05 Å². The molecule has 0 aliphatic rings. The van der Waals surface area contributed by atoms with E-state index in [1.807, 2.05) is 49.9 Å². The van der Waals surface area contributed by atoms with Crippen molar-refractivity contribution in [3.05, 3.63) is 53.9 Å². The van der Waals surface area contributed by atoms with Crippen LogP contribution in [-0.4, -0.2) is 59.2 Å². The number of anilines is 1. The zero-order valence-corrected chi connectivity index (χ0v) is 18.0. The molecule has 0 radical (unpaired) electrons. The summed E-state index contributed by atoms with van der Waals surface area (Å²) < 4.78 is 7.11. The van der Waals surface area contributed by atoms with E-state index >= 15 is 0 Å². The van der Waals surface area contributed by atoms with Crippen LogP contribution >= 0.6 is 0 Å². The molecule has 1 heterocycles. The van der Waals surface area contributed by atoms with Crippen LogP contribution in [0.15, 0.2) is 42.6 Å². The van der Waals surface area contributed by atoms with Crippen LogP contribution in [0.4, 0.5) is 10.5 Å². The SMILES string of the molecule is COCCN(Cc1cccn1C)C(=O)CN(C(=O)Nc1cccc(C#N)c1)C(C)C. The standard InChI is InChI=1S/C22H29N5O3/c1-17(2)27(22(29)24-19-8-5-7-18(13-19)14-23)16-21(28)26(11-12-30-4)15-20-9-6-10-25(20)3/h5-10,13,17H,11-12,15-16H2,1-4H3,(H,24,29). The number of carbonyl (C=O) groups excluding carboxylic acids is 2. The van der Waals surface area contributed by atoms with Gasteiger partial charge in [-0.05, 0) is 44.2 Å². The van der Waals surface area contributed by atoms with Gasteiger partial charge in [0, 0.05) is 44.3 Å². The van der Waals surface area contributed by atoms with Crippen LogP contribution < -0.4 is 5.32 Å². The third-order valence-corrected chi connectivity index (χ3v) is 4.75. The van der Waals surface area contributed by atoms with Crippen molar-refractivity contribution in [1.82, 2.24) is 14.4 Å². The summed E-state index contributed by atoms with van der Waals surface area (Å²) in [7, 11) is 3.52. The number of benzene rings is 1. The second kappa shape index (κ2) is 11.0. The van der Waals surface area contributed by atoms with E-state index in [1.54, 1.807) is 36.3 Å². The molecule has 2 rings (SSSR count). The smallest absolute Gasteiger partial charge is 0.322 e. The Labute approximate surface area is 177 Å². The number of hydrogen-bond donors (Lipinski definition) is 1. The second-order valence-electron chi connectivity index (χ2n) is 7.26. The molecule has 0 atom stereocenters. The Morgan fingerprint density at radius 1 is 1.27 bits per heavy atom. The van der Waals surface area contributed by atoms with E-state index < -0.39 is 0 Å². The van der Waals surface area contributed by atoms with Gasteiger partial charge in [-0.2, -0.15) is 5.26 Å². The normalized spacial score (nSPS) is 10.5. The van der Waals surface area contributed by atoms with Crippen LogP contribution in [0.3, 0.4) is 0 Å². The molecule has 1 N–H and O–H groups in total. The maximum Gasteiger partial charge on any atom is 0.322 e. The maximum absolute atomic E-state index is 13.1. The number of methoxy groups -OCH3 is 1. The van der Waals surface area contributed by atoms with E-state index in [0.29, 0.717) is 30.9 Å². The molecular formula is C22H29N5O3. The van der Waals surface area contributed by atoms with Crippen molar-refractivity contribution >= 4 is 17.6 Å². The molecule has 0 spiro atoms. The second-order valence-corrected chi connectivity index (χ2v) is 7.26. The maximum atomic E-state index is 13.1. The molecule has 1 aromatic carbocycles. The number of aromatic nitrogens is 1. The number of carbonyl (C=O) groups is 2. The molecule has 8 nitrogen and oxygen atoms in total. The van der Waals surface area contributed by atoms with Gasteiger partial charge in [-0.1, -0.05) is 6.07 Å². The van der Waals surface area contributed by atoms with Gasteiger partial charge >= 0.3 is 6.03 Å². The van der Waals surface area contributed by atoms with Crippen LogP contribution in [-0.2, 0) is 23.1 Å². The van der Waals surface area contributed by atoms with Crippen molar-refractivity contribution in [1.29, 1.82) is 5.26 Å². The molecule has 8 heteroatoms. The minimum absolute atomic E-state index is 0.0599. The van der Waals surface area contributed by atoms with Crippen molar-refractivity contribution in [2.75, 3.05) is 32.1 Å². The van der Waals surface area contributed by atoms with E-state index in [4.69, 9.17) is 10.00 Å². The van der Waals surface area contributed by atoms with Gasteiger partial charge < -0.3 is 24.4 Å². The monoisotopic (exact) mass is 411 g/mol. The van der Waals surface area contributed by atoms with Crippen molar-refractivity contribution in [2.45, 2.75) is 26.4 Å². The minimum Gasteiger partial charge on any atom is -0.383 e. The molecule has 0 aliphatic carbocycles. The lowest BCUT2D eigenvalue weighted by molar-refractivity contribution is -0.133. The van der Waals surface area contributed by atoms with E-state index in [0.717, 1.165) is 5.69 Å². The Balaban J connectivity index is 2.11. The summed E-state index contributed by atoms with van der Waals surface area (Å²) in [5.41, 5.74) is 1.96. The number of urea groups is 1. The molecule has 30 heavy (non-hydrogen) atoms. The minimum atomic E-state index is -0.390. The molecule has 0 bridgehead atoms. The number of nitriles is 1. The summed E-state index contributed by atoms with van der Waals surface area (Å²) in [5.74, 6) is -0.164. The van der Waals surface area contributed by atoms with Crippen LogP contribution in [0.1, 0.15) is 25.1 Å². The number of nitrogens with zero attached hydrogens (tertiary/aromatic N) is 4. The highest BCUT2D eigenvalue weighted by Gasteiger charge is 2.24. The first-order valence-electron chi connectivity index (χ1n) is 9.80. The molecule has 2 aromatic rings. The lowest BCUT2D eigenvalue weighted by Crippen LogP contribution is -2.48. The first-order valence-corrected chi connectivity index (χ1v) is 9.80. The summed E-state index contributed by atoms with van der Waals surface area (Å²) in [6.07, 6.45) is 1.93. The Morgan fingerprint density at radius 3 is 2.63 bits per heavy atom. The van der Waals surface area contributed by atoms with Gasteiger partial charge in [0.25, 0.3) is 0 Å².